The van der Waals surface area contributed by atoms with E-state index >= 15 is 0 Å². The third-order valence-electron chi connectivity index (χ3n) is 8.04. The molecule has 0 saturated carbocycles. The number of carboxylic acids is 4. The third kappa shape index (κ3) is 10.9. The van der Waals surface area contributed by atoms with Crippen molar-refractivity contribution >= 4 is 67.5 Å². The Morgan fingerprint density at radius 3 is 0.736 bits per heavy atom. The zero-order valence-electron chi connectivity index (χ0n) is 28.1. The number of para-hydroxylation sites is 4. The molecule has 0 aliphatic rings. The molecule has 0 fully saturated rings. The molecule has 0 amide bonds. The van der Waals surface area contributed by atoms with Gasteiger partial charge in [-0.25, -0.2) is 0 Å². The quantitative estimate of drug-likeness (QED) is 0.177. The Morgan fingerprint density at radius 2 is 0.547 bits per heavy atom. The molecule has 0 radical (unpaired) electrons. The average molecular weight is 788 g/mol. The summed E-state index contributed by atoms with van der Waals surface area (Å²) in [5.41, 5.74) is 6.92. The van der Waals surface area contributed by atoms with Gasteiger partial charge in [0.1, 0.15) is 0 Å². The van der Waals surface area contributed by atoms with Gasteiger partial charge in [-0.2, -0.15) is 0 Å². The van der Waals surface area contributed by atoms with Crippen molar-refractivity contribution in [3.8, 4) is 0 Å². The first-order valence-corrected chi connectivity index (χ1v) is 16.1. The predicted molar refractivity (Wildman–Crippen MR) is 188 cm³/mol. The van der Waals surface area contributed by atoms with Crippen LogP contribution < -0.4 is 20.4 Å². The summed E-state index contributed by atoms with van der Waals surface area (Å²) in [7, 11) is 0. The van der Waals surface area contributed by atoms with Crippen LogP contribution in [0.2, 0.25) is 0 Å². The summed E-state index contributed by atoms with van der Waals surface area (Å²) in [6.07, 6.45) is 6.68. The largest absolute Gasteiger partial charge is 4.00 e. The minimum absolute atomic E-state index is 0. The van der Waals surface area contributed by atoms with Crippen LogP contribution in [0.5, 0.6) is 0 Å². The number of carbonyl (C=O) groups excluding carboxylic acids is 4. The molecular weight excluding hydrogens is 756 g/mol. The Balaban J connectivity index is 0.000000157. The normalized spacial score (nSPS) is 10.3. The zero-order valence-corrected chi connectivity index (χ0v) is 30.6. The van der Waals surface area contributed by atoms with E-state index in [0.717, 1.165) is 65.9 Å². The fourth-order valence-electron chi connectivity index (χ4n) is 5.73. The fourth-order valence-corrected chi connectivity index (χ4v) is 5.73. The number of nitrogens with one attached hydrogen (secondary N) is 4. The number of aliphatic carboxylic acids is 4. The Morgan fingerprint density at radius 1 is 0.358 bits per heavy atom. The molecule has 53 heavy (non-hydrogen) atoms. The van der Waals surface area contributed by atoms with Gasteiger partial charge < -0.3 is 59.5 Å². The Labute approximate surface area is 321 Å². The second kappa shape index (κ2) is 18.9. The standard InChI is InChI=1S/4C10H9NO2.Zr/c4*12-10(13)5-7-6-11-9-4-2-1-3-8(7)9;/h4*1-4,6,11H,5H2,(H,12,13);/q;;;;+4/p-4. The van der Waals surface area contributed by atoms with Crippen LogP contribution in [0.25, 0.3) is 43.6 Å². The van der Waals surface area contributed by atoms with Crippen molar-refractivity contribution in [2.75, 3.05) is 0 Å². The van der Waals surface area contributed by atoms with Crippen molar-refractivity contribution in [1.29, 1.82) is 0 Å². The smallest absolute Gasteiger partial charge is 0.550 e. The third-order valence-corrected chi connectivity index (χ3v) is 8.04. The molecule has 0 aliphatic carbocycles. The first-order chi connectivity index (χ1) is 25.1. The van der Waals surface area contributed by atoms with Gasteiger partial charge in [0.15, 0.2) is 0 Å². The van der Waals surface area contributed by atoms with Crippen molar-refractivity contribution in [2.45, 2.75) is 25.7 Å². The van der Waals surface area contributed by atoms with Crippen LogP contribution in [0.3, 0.4) is 0 Å². The molecule has 4 aromatic carbocycles. The van der Waals surface area contributed by atoms with Gasteiger partial charge in [-0.1, -0.05) is 72.8 Å². The van der Waals surface area contributed by atoms with Crippen LogP contribution in [-0.4, -0.2) is 43.8 Å². The molecule has 4 aromatic heterocycles. The molecule has 0 bridgehead atoms. The second-order valence-corrected chi connectivity index (χ2v) is 11.6. The van der Waals surface area contributed by atoms with E-state index in [-0.39, 0.29) is 51.9 Å². The van der Waals surface area contributed by atoms with Crippen LogP contribution in [0.4, 0.5) is 0 Å². The summed E-state index contributed by atoms with van der Waals surface area (Å²) in [6, 6.07) is 30.4. The van der Waals surface area contributed by atoms with Crippen molar-refractivity contribution in [3.05, 3.63) is 144 Å². The van der Waals surface area contributed by atoms with Gasteiger partial charge in [0.2, 0.25) is 0 Å². The Kier molecular flexibility index (Phi) is 14.1. The van der Waals surface area contributed by atoms with Gasteiger partial charge in [0, 0.05) is 118 Å². The topological polar surface area (TPSA) is 224 Å². The number of fused-ring (bicyclic) bond motifs is 4. The van der Waals surface area contributed by atoms with E-state index in [4.69, 9.17) is 0 Å². The van der Waals surface area contributed by atoms with Crippen molar-refractivity contribution in [1.82, 2.24) is 19.9 Å². The summed E-state index contributed by atoms with van der Waals surface area (Å²) in [5, 5.41) is 45.3. The molecule has 8 aromatic rings. The van der Waals surface area contributed by atoms with Gasteiger partial charge in [0.05, 0.1) is 0 Å². The van der Waals surface area contributed by atoms with E-state index < -0.39 is 23.9 Å². The average Bonchev–Trinajstić information content (AvgIpc) is 3.92. The molecular formula is C40H32N4O8Zr. The van der Waals surface area contributed by atoms with Crippen LogP contribution in [-0.2, 0) is 71.1 Å². The van der Waals surface area contributed by atoms with E-state index in [1.165, 1.54) is 0 Å². The molecule has 0 saturated heterocycles. The number of carbonyl (C=O) groups is 4. The number of aromatic amines is 4. The maximum atomic E-state index is 10.4. The molecule has 4 heterocycles. The molecule has 0 spiro atoms. The summed E-state index contributed by atoms with van der Waals surface area (Å²) < 4.78 is 0. The molecule has 4 N–H and O–H groups in total. The Hall–Kier alpha value is -6.20. The van der Waals surface area contributed by atoms with E-state index in [1.54, 1.807) is 24.8 Å². The van der Waals surface area contributed by atoms with Gasteiger partial charge in [-0.05, 0) is 46.5 Å². The van der Waals surface area contributed by atoms with E-state index in [1.807, 2.05) is 97.1 Å². The van der Waals surface area contributed by atoms with E-state index in [2.05, 4.69) is 19.9 Å². The number of aromatic nitrogens is 4. The van der Waals surface area contributed by atoms with Gasteiger partial charge in [-0.15, -0.1) is 0 Å². The molecule has 12 nitrogen and oxygen atoms in total. The molecule has 13 heteroatoms. The maximum Gasteiger partial charge on any atom is 4.00 e. The number of hydrogen-bond donors (Lipinski definition) is 4. The minimum atomic E-state index is -1.05. The molecule has 0 atom stereocenters. The van der Waals surface area contributed by atoms with Crippen molar-refractivity contribution in [2.24, 2.45) is 0 Å². The van der Waals surface area contributed by atoms with Crippen LogP contribution >= 0.6 is 0 Å². The van der Waals surface area contributed by atoms with Gasteiger partial charge >= 0.3 is 26.2 Å². The molecule has 0 aliphatic heterocycles. The number of benzene rings is 4. The van der Waals surface area contributed by atoms with Crippen molar-refractivity contribution < 1.29 is 65.8 Å². The molecule has 8 rings (SSSR count). The van der Waals surface area contributed by atoms with E-state index in [9.17, 15) is 39.6 Å². The molecule has 264 valence electrons. The van der Waals surface area contributed by atoms with Crippen LogP contribution in [0, 0.1) is 0 Å². The number of hydrogen-bond acceptors (Lipinski definition) is 8. The zero-order chi connectivity index (χ0) is 37.0. The Bertz CT molecular complexity index is 2130. The summed E-state index contributed by atoms with van der Waals surface area (Å²) >= 11 is 0. The minimum Gasteiger partial charge on any atom is -0.550 e. The summed E-state index contributed by atoms with van der Waals surface area (Å²) in [4.78, 5) is 53.6. The summed E-state index contributed by atoms with van der Waals surface area (Å²) in [6.45, 7) is 0. The molecule has 0 unspecified atom stereocenters. The monoisotopic (exact) mass is 786 g/mol. The predicted octanol–water partition coefficient (Wildman–Crippen LogP) is 1.84. The number of rotatable bonds is 8. The fraction of sp³-hybridized carbons (Fsp3) is 0.100. The van der Waals surface area contributed by atoms with Crippen LogP contribution in [0.1, 0.15) is 22.3 Å². The summed E-state index contributed by atoms with van der Waals surface area (Å²) in [5.74, 6) is -4.20. The van der Waals surface area contributed by atoms with Crippen LogP contribution in [0.15, 0.2) is 122 Å². The van der Waals surface area contributed by atoms with Crippen molar-refractivity contribution in [3.63, 3.8) is 0 Å². The number of carboxylic acid groups (broad SMARTS) is 4. The first-order valence-electron chi connectivity index (χ1n) is 16.1. The second-order valence-electron chi connectivity index (χ2n) is 11.6. The van der Waals surface area contributed by atoms with E-state index in [0.29, 0.717) is 0 Å². The first kappa shape index (κ1) is 39.6. The maximum absolute atomic E-state index is 10.4. The van der Waals surface area contributed by atoms with Gasteiger partial charge in [-0.3, -0.25) is 0 Å². The SMILES string of the molecule is O=C([O-])Cc1c[nH]c2ccccc12.O=C([O-])Cc1c[nH]c2ccccc12.O=C([O-])Cc1c[nH]c2ccccc12.O=C([O-])Cc1c[nH]c2ccccc12.[Zr+4]. The van der Waals surface area contributed by atoms with Gasteiger partial charge in [0.25, 0.3) is 0 Å². The number of H-pyrrole nitrogens is 4.